The molecule has 4 heteroatoms. The van der Waals surface area contributed by atoms with Gasteiger partial charge in [0.05, 0.1) is 6.54 Å². The summed E-state index contributed by atoms with van der Waals surface area (Å²) in [5.74, 6) is 0.822. The van der Waals surface area contributed by atoms with Gasteiger partial charge >= 0.3 is 0 Å². The Labute approximate surface area is 97.3 Å². The fourth-order valence-electron chi connectivity index (χ4n) is 3.21. The second-order valence-corrected chi connectivity index (χ2v) is 5.45. The lowest BCUT2D eigenvalue weighted by molar-refractivity contribution is -0.129. The van der Waals surface area contributed by atoms with E-state index in [-0.39, 0.29) is 12.5 Å². The number of likely N-dealkylation sites (tertiary alicyclic amines) is 1. The minimum absolute atomic E-state index is 0.109. The maximum Gasteiger partial charge on any atom is 0.236 e. The number of rotatable bonds is 2. The van der Waals surface area contributed by atoms with Crippen molar-refractivity contribution in [3.8, 4) is 0 Å². The van der Waals surface area contributed by atoms with Gasteiger partial charge in [0.1, 0.15) is 0 Å². The van der Waals surface area contributed by atoms with Crippen molar-refractivity contribution in [3.05, 3.63) is 0 Å². The van der Waals surface area contributed by atoms with Crippen LogP contribution in [0.4, 0.5) is 0 Å². The summed E-state index contributed by atoms with van der Waals surface area (Å²) in [7, 11) is 0. The van der Waals surface area contributed by atoms with Crippen LogP contribution in [-0.2, 0) is 4.79 Å². The molecule has 4 nitrogen and oxygen atoms in total. The minimum Gasteiger partial charge on any atom is -0.341 e. The minimum atomic E-state index is 0.109. The second kappa shape index (κ2) is 4.72. The third-order valence-corrected chi connectivity index (χ3v) is 4.46. The zero-order valence-corrected chi connectivity index (χ0v) is 9.95. The molecule has 16 heavy (non-hydrogen) atoms. The molecule has 1 aliphatic heterocycles. The molecule has 4 N–H and O–H groups in total. The normalized spacial score (nSPS) is 34.6. The van der Waals surface area contributed by atoms with Crippen molar-refractivity contribution in [1.29, 1.82) is 0 Å². The first-order chi connectivity index (χ1) is 7.69. The number of carbonyl (C=O) groups excluding carboxylic acids is 1. The van der Waals surface area contributed by atoms with Gasteiger partial charge in [-0.1, -0.05) is 0 Å². The molecule has 0 aromatic rings. The molecule has 1 saturated heterocycles. The molecular weight excluding hydrogens is 202 g/mol. The Morgan fingerprint density at radius 1 is 1.25 bits per heavy atom. The van der Waals surface area contributed by atoms with Crippen LogP contribution in [0.5, 0.6) is 0 Å². The smallest absolute Gasteiger partial charge is 0.236 e. The van der Waals surface area contributed by atoms with Gasteiger partial charge < -0.3 is 16.4 Å². The van der Waals surface area contributed by atoms with Crippen molar-refractivity contribution >= 4 is 5.91 Å². The summed E-state index contributed by atoms with van der Waals surface area (Å²) in [4.78, 5) is 13.5. The lowest BCUT2D eigenvalue weighted by atomic mass is 9.70. The van der Waals surface area contributed by atoms with Crippen LogP contribution >= 0.6 is 0 Å². The van der Waals surface area contributed by atoms with E-state index in [4.69, 9.17) is 11.5 Å². The summed E-state index contributed by atoms with van der Waals surface area (Å²) in [6.07, 6.45) is 6.12. The molecule has 2 rings (SSSR count). The van der Waals surface area contributed by atoms with Crippen molar-refractivity contribution in [2.24, 2.45) is 22.8 Å². The number of hydrogen-bond acceptors (Lipinski definition) is 3. The van der Waals surface area contributed by atoms with E-state index in [1.165, 1.54) is 25.7 Å². The molecule has 0 aromatic carbocycles. The Bertz CT molecular complexity index is 259. The highest BCUT2D eigenvalue weighted by Crippen LogP contribution is 2.45. The van der Waals surface area contributed by atoms with Crippen molar-refractivity contribution in [2.75, 3.05) is 26.2 Å². The first-order valence-corrected chi connectivity index (χ1v) is 6.37. The van der Waals surface area contributed by atoms with Gasteiger partial charge in [-0.3, -0.25) is 4.79 Å². The lowest BCUT2D eigenvalue weighted by Crippen LogP contribution is -2.38. The van der Waals surface area contributed by atoms with E-state index in [2.05, 4.69) is 0 Å². The van der Waals surface area contributed by atoms with Crippen LogP contribution in [-0.4, -0.2) is 37.0 Å². The molecule has 2 aliphatic rings. The zero-order chi connectivity index (χ0) is 11.6. The van der Waals surface area contributed by atoms with Crippen LogP contribution in [0.15, 0.2) is 0 Å². The van der Waals surface area contributed by atoms with Gasteiger partial charge in [0.2, 0.25) is 5.91 Å². The van der Waals surface area contributed by atoms with E-state index in [1.54, 1.807) is 0 Å². The second-order valence-electron chi connectivity index (χ2n) is 5.45. The molecule has 0 atom stereocenters. The first kappa shape index (κ1) is 11.9. The van der Waals surface area contributed by atoms with E-state index in [0.717, 1.165) is 26.1 Å². The summed E-state index contributed by atoms with van der Waals surface area (Å²) in [5, 5.41) is 0. The quantitative estimate of drug-likeness (QED) is 0.710. The molecule has 1 amide bonds. The highest BCUT2D eigenvalue weighted by Gasteiger charge is 2.41. The van der Waals surface area contributed by atoms with Crippen LogP contribution in [0.3, 0.4) is 0 Å². The van der Waals surface area contributed by atoms with Crippen molar-refractivity contribution in [2.45, 2.75) is 32.1 Å². The summed E-state index contributed by atoms with van der Waals surface area (Å²) >= 11 is 0. The van der Waals surface area contributed by atoms with Gasteiger partial charge in [-0.15, -0.1) is 0 Å². The fourth-order valence-corrected chi connectivity index (χ4v) is 3.21. The average Bonchev–Trinajstić information content (AvgIpc) is 2.73. The largest absolute Gasteiger partial charge is 0.341 e. The van der Waals surface area contributed by atoms with E-state index in [0.29, 0.717) is 11.3 Å². The molecular formula is C12H23N3O. The van der Waals surface area contributed by atoms with Crippen LogP contribution in [0.2, 0.25) is 0 Å². The lowest BCUT2D eigenvalue weighted by Gasteiger charge is -2.36. The Morgan fingerprint density at radius 3 is 2.50 bits per heavy atom. The van der Waals surface area contributed by atoms with Gasteiger partial charge in [-0.2, -0.15) is 0 Å². The maximum absolute atomic E-state index is 11.5. The predicted molar refractivity (Wildman–Crippen MR) is 63.7 cm³/mol. The zero-order valence-electron chi connectivity index (χ0n) is 9.95. The standard InChI is InChI=1S/C12H23N3O/c13-7-10-1-3-12(4-2-10)5-6-15(9-12)11(16)8-14/h10H,1-9,13-14H2. The van der Waals surface area contributed by atoms with Crippen LogP contribution < -0.4 is 11.5 Å². The van der Waals surface area contributed by atoms with Crippen LogP contribution in [0.1, 0.15) is 32.1 Å². The highest BCUT2D eigenvalue weighted by molar-refractivity contribution is 5.78. The van der Waals surface area contributed by atoms with E-state index < -0.39 is 0 Å². The Morgan fingerprint density at radius 2 is 1.94 bits per heavy atom. The van der Waals surface area contributed by atoms with Crippen molar-refractivity contribution in [1.82, 2.24) is 4.90 Å². The molecule has 0 unspecified atom stereocenters. The SMILES string of the molecule is NCC(=O)N1CCC2(CCC(CN)CC2)C1. The van der Waals surface area contributed by atoms with Gasteiger partial charge in [-0.25, -0.2) is 0 Å². The molecule has 1 heterocycles. The molecule has 0 aromatic heterocycles. The van der Waals surface area contributed by atoms with Crippen molar-refractivity contribution in [3.63, 3.8) is 0 Å². The molecule has 92 valence electrons. The maximum atomic E-state index is 11.5. The summed E-state index contributed by atoms with van der Waals surface area (Å²) in [6.45, 7) is 2.81. The van der Waals surface area contributed by atoms with E-state index in [9.17, 15) is 4.79 Å². The Kier molecular flexibility index (Phi) is 3.50. The van der Waals surface area contributed by atoms with Gasteiger partial charge in [0.15, 0.2) is 0 Å². The van der Waals surface area contributed by atoms with Gasteiger partial charge in [-0.05, 0) is 50.0 Å². The fraction of sp³-hybridized carbons (Fsp3) is 0.917. The van der Waals surface area contributed by atoms with Crippen molar-refractivity contribution < 1.29 is 4.79 Å². The summed E-state index contributed by atoms with van der Waals surface area (Å²) < 4.78 is 0. The Hall–Kier alpha value is -0.610. The molecule has 0 radical (unpaired) electrons. The average molecular weight is 225 g/mol. The topological polar surface area (TPSA) is 72.4 Å². The number of carbonyl (C=O) groups is 1. The molecule has 2 fully saturated rings. The van der Waals surface area contributed by atoms with Gasteiger partial charge in [0.25, 0.3) is 0 Å². The first-order valence-electron chi connectivity index (χ1n) is 6.37. The molecule has 1 aliphatic carbocycles. The third-order valence-electron chi connectivity index (χ3n) is 4.46. The number of amides is 1. The molecule has 0 bridgehead atoms. The monoisotopic (exact) mass is 225 g/mol. The number of nitrogens with zero attached hydrogens (tertiary/aromatic N) is 1. The Balaban J connectivity index is 1.90. The number of hydrogen-bond donors (Lipinski definition) is 2. The number of nitrogens with two attached hydrogens (primary N) is 2. The van der Waals surface area contributed by atoms with E-state index in [1.807, 2.05) is 4.90 Å². The molecule has 1 saturated carbocycles. The van der Waals surface area contributed by atoms with Crippen LogP contribution in [0, 0.1) is 11.3 Å². The van der Waals surface area contributed by atoms with Crippen LogP contribution in [0.25, 0.3) is 0 Å². The highest BCUT2D eigenvalue weighted by atomic mass is 16.2. The summed E-state index contributed by atoms with van der Waals surface area (Å²) in [6, 6.07) is 0. The summed E-state index contributed by atoms with van der Waals surface area (Å²) in [5.41, 5.74) is 11.5. The predicted octanol–water partition coefficient (Wildman–Crippen LogP) is 0.313. The van der Waals surface area contributed by atoms with Gasteiger partial charge in [0, 0.05) is 13.1 Å². The van der Waals surface area contributed by atoms with E-state index >= 15 is 0 Å². The third kappa shape index (κ3) is 2.23. The molecule has 1 spiro atoms.